The molecule has 19 heavy (non-hydrogen) atoms. The zero-order valence-electron chi connectivity index (χ0n) is 11.8. The summed E-state index contributed by atoms with van der Waals surface area (Å²) in [6.45, 7) is 3.26. The second-order valence-electron chi connectivity index (χ2n) is 6.19. The number of hydrogen-bond acceptors (Lipinski definition) is 1. The van der Waals surface area contributed by atoms with Gasteiger partial charge >= 0.3 is 0 Å². The first-order valence-electron chi connectivity index (χ1n) is 7.56. The Morgan fingerprint density at radius 3 is 2.79 bits per heavy atom. The lowest BCUT2D eigenvalue weighted by atomic mass is 10.1. The van der Waals surface area contributed by atoms with Crippen LogP contribution in [0.2, 0.25) is 0 Å². The van der Waals surface area contributed by atoms with Crippen molar-refractivity contribution in [2.75, 3.05) is 0 Å². The molecule has 0 amide bonds. The predicted molar refractivity (Wildman–Crippen MR) is 81.2 cm³/mol. The van der Waals surface area contributed by atoms with Gasteiger partial charge in [0.1, 0.15) is 0 Å². The molecule has 1 unspecified atom stereocenters. The number of hydrogen-bond donors (Lipinski definition) is 1. The summed E-state index contributed by atoms with van der Waals surface area (Å²) < 4.78 is 2.43. The van der Waals surface area contributed by atoms with Crippen LogP contribution >= 0.6 is 0 Å². The number of nitrogens with zero attached hydrogens (tertiary/aromatic N) is 1. The van der Waals surface area contributed by atoms with Crippen LogP contribution in [0.1, 0.15) is 38.2 Å². The molecule has 1 aromatic carbocycles. The fourth-order valence-electron chi connectivity index (χ4n) is 3.38. The van der Waals surface area contributed by atoms with Crippen LogP contribution in [0.3, 0.4) is 0 Å². The fourth-order valence-corrected chi connectivity index (χ4v) is 3.38. The van der Waals surface area contributed by atoms with E-state index in [1.165, 1.54) is 48.7 Å². The molecule has 1 heterocycles. The Bertz CT molecular complexity index is 547. The van der Waals surface area contributed by atoms with Crippen LogP contribution in [0.15, 0.2) is 30.5 Å². The molecule has 3 rings (SSSR count). The number of benzene rings is 1. The largest absolute Gasteiger partial charge is 0.347 e. The molecule has 1 aliphatic rings. The maximum absolute atomic E-state index is 5.88. The van der Waals surface area contributed by atoms with Gasteiger partial charge in [-0.25, -0.2) is 0 Å². The monoisotopic (exact) mass is 256 g/mol. The Morgan fingerprint density at radius 1 is 1.26 bits per heavy atom. The number of aromatic nitrogens is 1. The van der Waals surface area contributed by atoms with E-state index in [9.17, 15) is 0 Å². The van der Waals surface area contributed by atoms with Crippen LogP contribution in [-0.4, -0.2) is 10.6 Å². The van der Waals surface area contributed by atoms with E-state index in [1.54, 1.807) is 0 Å². The van der Waals surface area contributed by atoms with Crippen molar-refractivity contribution in [2.24, 2.45) is 11.7 Å². The lowest BCUT2D eigenvalue weighted by Crippen LogP contribution is -2.17. The van der Waals surface area contributed by atoms with Crippen LogP contribution in [0.5, 0.6) is 0 Å². The zero-order valence-corrected chi connectivity index (χ0v) is 11.8. The summed E-state index contributed by atoms with van der Waals surface area (Å²) in [5, 5.41) is 1.36. The minimum Gasteiger partial charge on any atom is -0.347 e. The highest BCUT2D eigenvalue weighted by Gasteiger charge is 2.16. The van der Waals surface area contributed by atoms with Gasteiger partial charge in [-0.05, 0) is 61.3 Å². The second kappa shape index (κ2) is 5.38. The van der Waals surface area contributed by atoms with Crippen molar-refractivity contribution in [3.8, 4) is 0 Å². The van der Waals surface area contributed by atoms with Crippen LogP contribution in [0.25, 0.3) is 10.9 Å². The molecular weight excluding hydrogens is 232 g/mol. The van der Waals surface area contributed by atoms with Gasteiger partial charge in [-0.15, -0.1) is 0 Å². The fraction of sp³-hybridized carbons (Fsp3) is 0.529. The predicted octanol–water partition coefficient (Wildman–Crippen LogP) is 3.72. The van der Waals surface area contributed by atoms with Gasteiger partial charge in [0.25, 0.3) is 0 Å². The summed E-state index contributed by atoms with van der Waals surface area (Å²) >= 11 is 0. The Balaban J connectivity index is 1.82. The van der Waals surface area contributed by atoms with Crippen molar-refractivity contribution in [2.45, 2.75) is 51.6 Å². The SMILES string of the molecule is CC(N)Cc1ccc2c(ccn2CC2CCCC2)c1. The summed E-state index contributed by atoms with van der Waals surface area (Å²) in [4.78, 5) is 0. The van der Waals surface area contributed by atoms with E-state index >= 15 is 0 Å². The molecule has 2 heteroatoms. The minimum atomic E-state index is 0.234. The molecule has 1 saturated carbocycles. The number of nitrogens with two attached hydrogens (primary N) is 1. The third-order valence-corrected chi connectivity index (χ3v) is 4.32. The molecular formula is C17H24N2. The molecule has 0 saturated heterocycles. The topological polar surface area (TPSA) is 30.9 Å². The van der Waals surface area contributed by atoms with Crippen LogP contribution in [0, 0.1) is 5.92 Å². The Morgan fingerprint density at radius 2 is 2.05 bits per heavy atom. The molecule has 1 aliphatic carbocycles. The summed E-state index contributed by atoms with van der Waals surface area (Å²) in [5.74, 6) is 0.888. The molecule has 1 atom stereocenters. The second-order valence-corrected chi connectivity index (χ2v) is 6.19. The maximum atomic E-state index is 5.88. The van der Waals surface area contributed by atoms with Crippen LogP contribution < -0.4 is 5.73 Å². The van der Waals surface area contributed by atoms with E-state index in [1.807, 2.05) is 0 Å². The number of rotatable bonds is 4. The van der Waals surface area contributed by atoms with Gasteiger partial charge in [-0.3, -0.25) is 0 Å². The molecule has 1 aromatic heterocycles. The Kier molecular flexibility index (Phi) is 3.61. The third-order valence-electron chi connectivity index (χ3n) is 4.32. The first-order chi connectivity index (χ1) is 9.22. The van der Waals surface area contributed by atoms with Gasteiger partial charge < -0.3 is 10.3 Å². The normalized spacial score (nSPS) is 18.2. The molecule has 102 valence electrons. The molecule has 2 N–H and O–H groups in total. The first-order valence-corrected chi connectivity index (χ1v) is 7.56. The summed E-state index contributed by atoms with van der Waals surface area (Å²) in [5.41, 5.74) is 8.60. The van der Waals surface area contributed by atoms with E-state index in [4.69, 9.17) is 5.73 Å². The standard InChI is InChI=1S/C17H24N2/c1-13(18)10-15-6-7-17-16(11-15)8-9-19(17)12-14-4-2-3-5-14/h6-9,11,13-14H,2-5,10,12,18H2,1H3. The zero-order chi connectivity index (χ0) is 13.2. The van der Waals surface area contributed by atoms with Crippen molar-refractivity contribution >= 4 is 10.9 Å². The minimum absolute atomic E-state index is 0.234. The van der Waals surface area contributed by atoms with Gasteiger partial charge in [-0.1, -0.05) is 18.9 Å². The van der Waals surface area contributed by atoms with Gasteiger partial charge in [0.05, 0.1) is 0 Å². The van der Waals surface area contributed by atoms with Crippen molar-refractivity contribution in [1.29, 1.82) is 0 Å². The average molecular weight is 256 g/mol. The van der Waals surface area contributed by atoms with Gasteiger partial charge in [0, 0.05) is 24.3 Å². The maximum Gasteiger partial charge on any atom is 0.0480 e. The smallest absolute Gasteiger partial charge is 0.0480 e. The van der Waals surface area contributed by atoms with Gasteiger partial charge in [0.2, 0.25) is 0 Å². The summed E-state index contributed by atoms with van der Waals surface area (Å²) in [7, 11) is 0. The van der Waals surface area contributed by atoms with E-state index in [-0.39, 0.29) is 6.04 Å². The van der Waals surface area contributed by atoms with E-state index < -0.39 is 0 Å². The Hall–Kier alpha value is -1.28. The van der Waals surface area contributed by atoms with E-state index in [0.29, 0.717) is 0 Å². The van der Waals surface area contributed by atoms with Gasteiger partial charge in [0.15, 0.2) is 0 Å². The summed E-state index contributed by atoms with van der Waals surface area (Å²) in [6.07, 6.45) is 8.86. The Labute approximate surface area is 115 Å². The summed E-state index contributed by atoms with van der Waals surface area (Å²) in [6, 6.07) is 9.27. The van der Waals surface area contributed by atoms with Crippen molar-refractivity contribution < 1.29 is 0 Å². The van der Waals surface area contributed by atoms with Crippen molar-refractivity contribution in [3.05, 3.63) is 36.0 Å². The first kappa shape index (κ1) is 12.7. The van der Waals surface area contributed by atoms with Crippen LogP contribution in [0.4, 0.5) is 0 Å². The lowest BCUT2D eigenvalue weighted by Gasteiger charge is -2.12. The van der Waals surface area contributed by atoms with Crippen molar-refractivity contribution in [3.63, 3.8) is 0 Å². The number of fused-ring (bicyclic) bond motifs is 1. The molecule has 0 radical (unpaired) electrons. The van der Waals surface area contributed by atoms with E-state index in [0.717, 1.165) is 12.3 Å². The molecule has 0 aliphatic heterocycles. The molecule has 0 spiro atoms. The molecule has 2 aromatic rings. The highest BCUT2D eigenvalue weighted by Crippen LogP contribution is 2.28. The lowest BCUT2D eigenvalue weighted by molar-refractivity contribution is 0.466. The molecule has 2 nitrogen and oxygen atoms in total. The van der Waals surface area contributed by atoms with Crippen molar-refractivity contribution in [1.82, 2.24) is 4.57 Å². The highest BCUT2D eigenvalue weighted by molar-refractivity contribution is 5.80. The quantitative estimate of drug-likeness (QED) is 0.888. The highest BCUT2D eigenvalue weighted by atomic mass is 15.0. The molecule has 0 bridgehead atoms. The average Bonchev–Trinajstić information content (AvgIpc) is 2.99. The van der Waals surface area contributed by atoms with E-state index in [2.05, 4.69) is 42.0 Å². The molecule has 1 fully saturated rings. The van der Waals surface area contributed by atoms with Crippen LogP contribution in [-0.2, 0) is 13.0 Å². The third kappa shape index (κ3) is 2.84. The van der Waals surface area contributed by atoms with Gasteiger partial charge in [-0.2, -0.15) is 0 Å².